The molecule has 5 nitrogen and oxygen atoms in total. The number of hydrogen-bond donors (Lipinski definition) is 0. The van der Waals surface area contributed by atoms with Crippen LogP contribution in [0.15, 0.2) is 18.2 Å². The summed E-state index contributed by atoms with van der Waals surface area (Å²) in [7, 11) is -3.43. The van der Waals surface area contributed by atoms with E-state index in [-0.39, 0.29) is 19.0 Å². The zero-order valence-corrected chi connectivity index (χ0v) is 15.7. The fourth-order valence-electron chi connectivity index (χ4n) is 2.58. The molecule has 0 N–H and O–H groups in total. The van der Waals surface area contributed by atoms with Crippen LogP contribution in [0.1, 0.15) is 24.9 Å². The molecule has 130 valence electrons. The van der Waals surface area contributed by atoms with E-state index < -0.39 is 16.1 Å². The minimum Gasteiger partial charge on any atom is -0.329 e. The molecule has 1 atom stereocenters. The molecule has 0 spiro atoms. The van der Waals surface area contributed by atoms with Crippen LogP contribution in [-0.2, 0) is 14.8 Å². The molecule has 0 aromatic heterocycles. The number of nitrogens with zero attached hydrogens (tertiary/aromatic N) is 2. The van der Waals surface area contributed by atoms with Gasteiger partial charge in [-0.15, -0.1) is 0 Å². The standard InChI is InChI=1S/C16H18Cl2N2O3S/c1-3-4-5-16(21)19-8-9-20(24(2,22)23)15(11-19)12-6-7-13(17)14(18)10-12/h6-7,10,15H,3,8-9,11H2,1-2H3. The van der Waals surface area contributed by atoms with Gasteiger partial charge in [0, 0.05) is 26.1 Å². The molecule has 1 heterocycles. The average Bonchev–Trinajstić information content (AvgIpc) is 2.53. The zero-order valence-electron chi connectivity index (χ0n) is 13.4. The van der Waals surface area contributed by atoms with Gasteiger partial charge in [-0.1, -0.05) is 42.1 Å². The maximum atomic E-state index is 12.1. The van der Waals surface area contributed by atoms with Crippen LogP contribution in [0.3, 0.4) is 0 Å². The molecule has 0 saturated carbocycles. The molecular formula is C16H18Cl2N2O3S. The minimum absolute atomic E-state index is 0.212. The summed E-state index contributed by atoms with van der Waals surface area (Å²) < 4.78 is 25.6. The Hall–Kier alpha value is -1.26. The first-order valence-electron chi connectivity index (χ1n) is 7.43. The number of hydrogen-bond acceptors (Lipinski definition) is 3. The first-order chi connectivity index (χ1) is 11.2. The van der Waals surface area contributed by atoms with Gasteiger partial charge in [0.1, 0.15) is 0 Å². The SMILES string of the molecule is CCC#CC(=O)N1CCN(S(C)(=O)=O)C(c2ccc(Cl)c(Cl)c2)C1. The third-order valence-electron chi connectivity index (χ3n) is 3.74. The van der Waals surface area contributed by atoms with E-state index in [4.69, 9.17) is 23.2 Å². The minimum atomic E-state index is -3.43. The quantitative estimate of drug-likeness (QED) is 0.731. The highest BCUT2D eigenvalue weighted by Gasteiger charge is 2.35. The van der Waals surface area contributed by atoms with E-state index in [9.17, 15) is 13.2 Å². The van der Waals surface area contributed by atoms with Crippen LogP contribution in [-0.4, -0.2) is 49.4 Å². The summed E-state index contributed by atoms with van der Waals surface area (Å²) in [6, 6.07) is 4.47. The Morgan fingerprint density at radius 3 is 2.58 bits per heavy atom. The second-order valence-electron chi connectivity index (χ2n) is 5.47. The van der Waals surface area contributed by atoms with Gasteiger partial charge in [0.05, 0.1) is 22.3 Å². The summed E-state index contributed by atoms with van der Waals surface area (Å²) in [5.41, 5.74) is 0.691. The second kappa shape index (κ2) is 7.75. The maximum Gasteiger partial charge on any atom is 0.298 e. The van der Waals surface area contributed by atoms with Gasteiger partial charge in [0.2, 0.25) is 10.0 Å². The van der Waals surface area contributed by atoms with E-state index in [1.807, 2.05) is 6.92 Å². The van der Waals surface area contributed by atoms with Gasteiger partial charge < -0.3 is 4.90 Å². The van der Waals surface area contributed by atoms with Crippen molar-refractivity contribution in [3.05, 3.63) is 33.8 Å². The summed E-state index contributed by atoms with van der Waals surface area (Å²) in [6.07, 6.45) is 1.75. The summed E-state index contributed by atoms with van der Waals surface area (Å²) in [5.74, 6) is 5.02. The van der Waals surface area contributed by atoms with Crippen LogP contribution in [0.4, 0.5) is 0 Å². The van der Waals surface area contributed by atoms with Crippen molar-refractivity contribution >= 4 is 39.1 Å². The Morgan fingerprint density at radius 1 is 1.29 bits per heavy atom. The lowest BCUT2D eigenvalue weighted by Gasteiger charge is -2.39. The molecule has 1 aliphatic rings. The Bertz CT molecular complexity index is 799. The first-order valence-corrected chi connectivity index (χ1v) is 10.0. The van der Waals surface area contributed by atoms with Crippen LogP contribution in [0.25, 0.3) is 0 Å². The predicted molar refractivity (Wildman–Crippen MR) is 95.4 cm³/mol. The van der Waals surface area contributed by atoms with Crippen molar-refractivity contribution < 1.29 is 13.2 Å². The maximum absolute atomic E-state index is 12.1. The molecule has 8 heteroatoms. The van der Waals surface area contributed by atoms with Crippen LogP contribution < -0.4 is 0 Å². The van der Waals surface area contributed by atoms with Gasteiger partial charge in [-0.05, 0) is 23.6 Å². The third kappa shape index (κ3) is 4.42. The lowest BCUT2D eigenvalue weighted by atomic mass is 10.0. The Balaban J connectivity index is 2.36. The molecular weight excluding hydrogens is 371 g/mol. The van der Waals surface area contributed by atoms with Gasteiger partial charge in [-0.2, -0.15) is 4.31 Å². The molecule has 1 saturated heterocycles. The topological polar surface area (TPSA) is 57.7 Å². The number of benzene rings is 1. The molecule has 1 aromatic rings. The molecule has 0 aliphatic carbocycles. The van der Waals surface area contributed by atoms with Crippen molar-refractivity contribution in [3.8, 4) is 11.8 Å². The van der Waals surface area contributed by atoms with Crippen molar-refractivity contribution in [1.29, 1.82) is 0 Å². The molecule has 0 radical (unpaired) electrons. The molecule has 2 rings (SSSR count). The number of sulfonamides is 1. The fraction of sp³-hybridized carbons (Fsp3) is 0.438. The summed E-state index contributed by atoms with van der Waals surface area (Å²) in [4.78, 5) is 13.7. The van der Waals surface area contributed by atoms with E-state index in [0.29, 0.717) is 28.6 Å². The monoisotopic (exact) mass is 388 g/mol. The lowest BCUT2D eigenvalue weighted by Crippen LogP contribution is -2.51. The first kappa shape index (κ1) is 19.1. The molecule has 1 amide bonds. The molecule has 1 aromatic carbocycles. The van der Waals surface area contributed by atoms with Crippen LogP contribution in [0, 0.1) is 11.8 Å². The molecule has 1 unspecified atom stereocenters. The fourth-order valence-corrected chi connectivity index (χ4v) is 3.95. The highest BCUT2D eigenvalue weighted by molar-refractivity contribution is 7.88. The molecule has 1 fully saturated rings. The summed E-state index contributed by atoms with van der Waals surface area (Å²) in [5, 5.41) is 0.737. The largest absolute Gasteiger partial charge is 0.329 e. The van der Waals surface area contributed by atoms with E-state index in [0.717, 1.165) is 6.26 Å². The van der Waals surface area contributed by atoms with Gasteiger partial charge in [0.25, 0.3) is 5.91 Å². The highest BCUT2D eigenvalue weighted by Crippen LogP contribution is 2.32. The second-order valence-corrected chi connectivity index (χ2v) is 8.22. The Morgan fingerprint density at radius 2 is 2.00 bits per heavy atom. The van der Waals surface area contributed by atoms with E-state index in [1.165, 1.54) is 4.31 Å². The Kier molecular flexibility index (Phi) is 6.16. The molecule has 24 heavy (non-hydrogen) atoms. The van der Waals surface area contributed by atoms with E-state index >= 15 is 0 Å². The number of rotatable bonds is 2. The van der Waals surface area contributed by atoms with Crippen LogP contribution in [0.5, 0.6) is 0 Å². The zero-order chi connectivity index (χ0) is 17.9. The van der Waals surface area contributed by atoms with Crippen LogP contribution >= 0.6 is 23.2 Å². The Labute approximate surface area is 152 Å². The molecule has 1 aliphatic heterocycles. The van der Waals surface area contributed by atoms with Gasteiger partial charge in [0.15, 0.2) is 0 Å². The number of carbonyl (C=O) groups excluding carboxylic acids is 1. The number of piperazine rings is 1. The van der Waals surface area contributed by atoms with Gasteiger partial charge in [-0.3, -0.25) is 4.79 Å². The highest BCUT2D eigenvalue weighted by atomic mass is 35.5. The summed E-state index contributed by atoms with van der Waals surface area (Å²) in [6.45, 7) is 2.61. The smallest absolute Gasteiger partial charge is 0.298 e. The third-order valence-corrected chi connectivity index (χ3v) is 5.77. The van der Waals surface area contributed by atoms with Crippen molar-refractivity contribution in [2.75, 3.05) is 25.9 Å². The van der Waals surface area contributed by atoms with Gasteiger partial charge in [-0.25, -0.2) is 8.42 Å². The lowest BCUT2D eigenvalue weighted by molar-refractivity contribution is -0.127. The van der Waals surface area contributed by atoms with E-state index in [2.05, 4.69) is 11.8 Å². The van der Waals surface area contributed by atoms with E-state index in [1.54, 1.807) is 23.1 Å². The number of amides is 1. The predicted octanol–water partition coefficient (Wildman–Crippen LogP) is 2.55. The van der Waals surface area contributed by atoms with Crippen LogP contribution in [0.2, 0.25) is 10.0 Å². The summed E-state index contributed by atoms with van der Waals surface area (Å²) >= 11 is 12.0. The van der Waals surface area contributed by atoms with Crippen molar-refractivity contribution in [3.63, 3.8) is 0 Å². The molecule has 0 bridgehead atoms. The average molecular weight is 389 g/mol. The van der Waals surface area contributed by atoms with Crippen molar-refractivity contribution in [2.45, 2.75) is 19.4 Å². The number of carbonyl (C=O) groups is 1. The normalized spacial score (nSPS) is 18.8. The number of halogens is 2. The van der Waals surface area contributed by atoms with Crippen molar-refractivity contribution in [2.24, 2.45) is 0 Å². The van der Waals surface area contributed by atoms with Crippen molar-refractivity contribution in [1.82, 2.24) is 9.21 Å². The van der Waals surface area contributed by atoms with Gasteiger partial charge >= 0.3 is 0 Å².